The lowest BCUT2D eigenvalue weighted by molar-refractivity contribution is -0.168. The summed E-state index contributed by atoms with van der Waals surface area (Å²) in [4.78, 5) is 36.0. The number of likely N-dealkylation sites (tertiary alicyclic amines) is 1. The van der Waals surface area contributed by atoms with Crippen molar-refractivity contribution >= 4 is 17.8 Å². The Morgan fingerprint density at radius 2 is 1.90 bits per heavy atom. The smallest absolute Gasteiger partial charge is 0.303 e. The molecule has 0 aromatic carbocycles. The standard InChI is InChI=1S/C14H21NO5/c1-2-9(3-6-12(16)17)7-8-15-13(18)10-4-5-11(20-10)14(15)19/h9-11H,2-8H2,1H3,(H,16,17). The van der Waals surface area contributed by atoms with Crippen LogP contribution in [0.5, 0.6) is 0 Å². The van der Waals surface area contributed by atoms with Crippen LogP contribution in [-0.4, -0.2) is 46.5 Å². The zero-order valence-corrected chi connectivity index (χ0v) is 11.7. The highest BCUT2D eigenvalue weighted by Gasteiger charge is 2.46. The van der Waals surface area contributed by atoms with Gasteiger partial charge in [0, 0.05) is 13.0 Å². The molecule has 2 aliphatic rings. The second kappa shape index (κ2) is 6.35. The molecule has 6 nitrogen and oxygen atoms in total. The average Bonchev–Trinajstić information content (AvgIpc) is 2.86. The Morgan fingerprint density at radius 1 is 1.30 bits per heavy atom. The first-order chi connectivity index (χ1) is 9.52. The van der Waals surface area contributed by atoms with E-state index < -0.39 is 18.2 Å². The summed E-state index contributed by atoms with van der Waals surface area (Å²) in [7, 11) is 0. The molecule has 2 rings (SSSR count). The summed E-state index contributed by atoms with van der Waals surface area (Å²) in [6.07, 6.45) is 2.60. The number of rotatable bonds is 7. The van der Waals surface area contributed by atoms with Gasteiger partial charge in [-0.2, -0.15) is 0 Å². The number of imide groups is 1. The average molecular weight is 283 g/mol. The minimum absolute atomic E-state index is 0.134. The Bertz CT molecular complexity index is 386. The van der Waals surface area contributed by atoms with Crippen LogP contribution in [0.1, 0.15) is 45.4 Å². The number of ether oxygens (including phenoxy) is 1. The van der Waals surface area contributed by atoms with Gasteiger partial charge in [0.2, 0.25) is 0 Å². The Hall–Kier alpha value is -1.43. The number of aliphatic carboxylic acids is 1. The second-order valence-electron chi connectivity index (χ2n) is 5.51. The number of carboxylic acids is 1. The van der Waals surface area contributed by atoms with Crippen molar-refractivity contribution in [1.29, 1.82) is 0 Å². The number of amides is 2. The molecular weight excluding hydrogens is 262 g/mol. The third-order valence-corrected chi connectivity index (χ3v) is 4.21. The third-order valence-electron chi connectivity index (χ3n) is 4.21. The van der Waals surface area contributed by atoms with Crippen molar-refractivity contribution in [3.05, 3.63) is 0 Å². The number of hydrogen-bond donors (Lipinski definition) is 1. The highest BCUT2D eigenvalue weighted by Crippen LogP contribution is 2.29. The molecule has 0 aliphatic carbocycles. The molecule has 6 heteroatoms. The summed E-state index contributed by atoms with van der Waals surface area (Å²) in [6.45, 7) is 2.38. The maximum Gasteiger partial charge on any atom is 0.303 e. The quantitative estimate of drug-likeness (QED) is 0.709. The van der Waals surface area contributed by atoms with E-state index in [1.807, 2.05) is 6.92 Å². The molecule has 2 heterocycles. The summed E-state index contributed by atoms with van der Waals surface area (Å²) >= 11 is 0. The van der Waals surface area contributed by atoms with Gasteiger partial charge in [0.15, 0.2) is 0 Å². The fourth-order valence-corrected chi connectivity index (χ4v) is 2.87. The molecule has 2 fully saturated rings. The zero-order chi connectivity index (χ0) is 14.7. The van der Waals surface area contributed by atoms with Crippen LogP contribution in [0.25, 0.3) is 0 Å². The van der Waals surface area contributed by atoms with E-state index in [9.17, 15) is 14.4 Å². The molecule has 20 heavy (non-hydrogen) atoms. The Labute approximate surface area is 118 Å². The van der Waals surface area contributed by atoms with Crippen LogP contribution in [0.15, 0.2) is 0 Å². The van der Waals surface area contributed by atoms with E-state index in [2.05, 4.69) is 0 Å². The van der Waals surface area contributed by atoms with E-state index in [0.29, 0.717) is 32.2 Å². The van der Waals surface area contributed by atoms with Crippen LogP contribution < -0.4 is 0 Å². The Kier molecular flexibility index (Phi) is 4.75. The molecule has 2 amide bonds. The fourth-order valence-electron chi connectivity index (χ4n) is 2.87. The monoisotopic (exact) mass is 283 g/mol. The Balaban J connectivity index is 1.87. The van der Waals surface area contributed by atoms with E-state index >= 15 is 0 Å². The highest BCUT2D eigenvalue weighted by molar-refractivity contribution is 6.02. The predicted octanol–water partition coefficient (Wildman–Crippen LogP) is 1.18. The summed E-state index contributed by atoms with van der Waals surface area (Å²) in [6, 6.07) is 0. The van der Waals surface area contributed by atoms with Crippen molar-refractivity contribution < 1.29 is 24.2 Å². The fraction of sp³-hybridized carbons (Fsp3) is 0.786. The molecule has 0 radical (unpaired) electrons. The van der Waals surface area contributed by atoms with Gasteiger partial charge >= 0.3 is 5.97 Å². The van der Waals surface area contributed by atoms with E-state index in [1.54, 1.807) is 0 Å². The minimum atomic E-state index is -0.806. The first-order valence-corrected chi connectivity index (χ1v) is 7.25. The van der Waals surface area contributed by atoms with Crippen LogP contribution in [0, 0.1) is 5.92 Å². The van der Waals surface area contributed by atoms with Gasteiger partial charge < -0.3 is 9.84 Å². The van der Waals surface area contributed by atoms with E-state index in [1.165, 1.54) is 4.90 Å². The van der Waals surface area contributed by atoms with Gasteiger partial charge in [0.05, 0.1) is 0 Å². The number of nitrogens with zero attached hydrogens (tertiary/aromatic N) is 1. The number of carboxylic acid groups (broad SMARTS) is 1. The van der Waals surface area contributed by atoms with Gasteiger partial charge in [0.1, 0.15) is 12.2 Å². The lowest BCUT2D eigenvalue weighted by Gasteiger charge is -2.30. The molecule has 2 saturated heterocycles. The van der Waals surface area contributed by atoms with Crippen LogP contribution in [0.2, 0.25) is 0 Å². The number of carbonyl (C=O) groups excluding carboxylic acids is 2. The Morgan fingerprint density at radius 3 is 2.40 bits per heavy atom. The summed E-state index contributed by atoms with van der Waals surface area (Å²) in [5, 5.41) is 8.70. The second-order valence-corrected chi connectivity index (χ2v) is 5.51. The predicted molar refractivity (Wildman–Crippen MR) is 69.9 cm³/mol. The number of carbonyl (C=O) groups is 3. The highest BCUT2D eigenvalue weighted by atomic mass is 16.5. The first-order valence-electron chi connectivity index (χ1n) is 7.25. The maximum absolute atomic E-state index is 12.0. The van der Waals surface area contributed by atoms with Crippen LogP contribution in [0.3, 0.4) is 0 Å². The number of fused-ring (bicyclic) bond motifs is 2. The van der Waals surface area contributed by atoms with Gasteiger partial charge in [-0.15, -0.1) is 0 Å². The largest absolute Gasteiger partial charge is 0.481 e. The molecule has 0 spiro atoms. The molecule has 2 bridgehead atoms. The minimum Gasteiger partial charge on any atom is -0.481 e. The van der Waals surface area contributed by atoms with Gasteiger partial charge in [-0.25, -0.2) is 0 Å². The van der Waals surface area contributed by atoms with E-state index in [-0.39, 0.29) is 24.2 Å². The molecule has 112 valence electrons. The molecule has 2 aliphatic heterocycles. The molecule has 3 unspecified atom stereocenters. The van der Waals surface area contributed by atoms with Crippen molar-refractivity contribution in [1.82, 2.24) is 4.90 Å². The topological polar surface area (TPSA) is 83.9 Å². The van der Waals surface area contributed by atoms with Crippen LogP contribution in [0.4, 0.5) is 0 Å². The molecule has 1 N–H and O–H groups in total. The van der Waals surface area contributed by atoms with Crippen molar-refractivity contribution in [3.8, 4) is 0 Å². The van der Waals surface area contributed by atoms with Crippen molar-refractivity contribution in [2.24, 2.45) is 5.92 Å². The first kappa shape index (κ1) is 15.0. The van der Waals surface area contributed by atoms with E-state index in [4.69, 9.17) is 9.84 Å². The van der Waals surface area contributed by atoms with Crippen molar-refractivity contribution in [3.63, 3.8) is 0 Å². The molecule has 3 atom stereocenters. The molecule has 0 saturated carbocycles. The normalized spacial score (nSPS) is 26.9. The van der Waals surface area contributed by atoms with Gasteiger partial charge in [-0.1, -0.05) is 13.3 Å². The maximum atomic E-state index is 12.0. The summed E-state index contributed by atoms with van der Waals surface area (Å²) in [5.41, 5.74) is 0. The molecule has 0 aromatic heterocycles. The van der Waals surface area contributed by atoms with E-state index in [0.717, 1.165) is 6.42 Å². The van der Waals surface area contributed by atoms with Gasteiger partial charge in [-0.3, -0.25) is 19.3 Å². The van der Waals surface area contributed by atoms with Crippen molar-refractivity contribution in [2.45, 2.75) is 57.7 Å². The lowest BCUT2D eigenvalue weighted by Crippen LogP contribution is -2.52. The van der Waals surface area contributed by atoms with Crippen LogP contribution in [-0.2, 0) is 19.1 Å². The number of morpholine rings is 1. The SMILES string of the molecule is CCC(CCC(=O)O)CCN1C(=O)C2CCC(O2)C1=O. The lowest BCUT2D eigenvalue weighted by atomic mass is 9.96. The van der Waals surface area contributed by atoms with Gasteiger partial charge in [0.25, 0.3) is 11.8 Å². The molecule has 0 aromatic rings. The molecular formula is C14H21NO5. The number of hydrogen-bond acceptors (Lipinski definition) is 4. The summed E-state index contributed by atoms with van der Waals surface area (Å²) < 4.78 is 5.35. The van der Waals surface area contributed by atoms with Crippen molar-refractivity contribution in [2.75, 3.05) is 6.54 Å². The third kappa shape index (κ3) is 3.17. The van der Waals surface area contributed by atoms with Gasteiger partial charge in [-0.05, 0) is 31.6 Å². The van der Waals surface area contributed by atoms with Crippen LogP contribution >= 0.6 is 0 Å². The summed E-state index contributed by atoms with van der Waals surface area (Å²) in [5.74, 6) is -1.03. The zero-order valence-electron chi connectivity index (χ0n) is 11.7.